The molecule has 8 nitrogen and oxygen atoms in total. The summed E-state index contributed by atoms with van der Waals surface area (Å²) in [7, 11) is 1.60. The molecule has 0 bridgehead atoms. The fraction of sp³-hybridized carbons (Fsp3) is 0.524. The van der Waals surface area contributed by atoms with E-state index in [1.165, 1.54) is 0 Å². The second kappa shape index (κ2) is 8.42. The molecule has 1 unspecified atom stereocenters. The number of H-pyrrole nitrogens is 1. The van der Waals surface area contributed by atoms with E-state index in [0.29, 0.717) is 38.5 Å². The SMILES string of the molecule is COc1ccc2[nH]cc(C(C(=O)O)N3CCN(CC(=O)N4CCCC4)CC3)c2c1. The van der Waals surface area contributed by atoms with E-state index in [0.717, 1.165) is 42.4 Å². The average Bonchev–Trinajstić information content (AvgIpc) is 3.39. The standard InChI is InChI=1S/C21H28N4O4/c1-29-15-4-5-18-16(12-15)17(13-22-18)20(21(27)28)25-10-8-23(9-11-25)14-19(26)24-6-2-3-7-24/h4-5,12-13,20,22H,2-3,6-11,14H2,1H3,(H,27,28). The Balaban J connectivity index is 1.45. The van der Waals surface area contributed by atoms with Crippen LogP contribution in [0.5, 0.6) is 5.75 Å². The highest BCUT2D eigenvalue weighted by atomic mass is 16.5. The molecule has 2 N–H and O–H groups in total. The first-order valence-corrected chi connectivity index (χ1v) is 10.2. The molecule has 156 valence electrons. The van der Waals surface area contributed by atoms with Crippen LogP contribution in [0.15, 0.2) is 24.4 Å². The summed E-state index contributed by atoms with van der Waals surface area (Å²) in [6, 6.07) is 4.90. The van der Waals surface area contributed by atoms with Gasteiger partial charge in [-0.15, -0.1) is 0 Å². The summed E-state index contributed by atoms with van der Waals surface area (Å²) in [5, 5.41) is 10.8. The Labute approximate surface area is 170 Å². The minimum Gasteiger partial charge on any atom is -0.497 e. The normalized spacial score (nSPS) is 19.6. The summed E-state index contributed by atoms with van der Waals surface area (Å²) < 4.78 is 5.31. The van der Waals surface area contributed by atoms with Gasteiger partial charge in [0.15, 0.2) is 0 Å². The van der Waals surface area contributed by atoms with Gasteiger partial charge in [-0.25, -0.2) is 0 Å². The fourth-order valence-corrected chi connectivity index (χ4v) is 4.40. The third kappa shape index (κ3) is 4.09. The molecule has 0 aliphatic carbocycles. The number of aromatic nitrogens is 1. The van der Waals surface area contributed by atoms with Crippen molar-refractivity contribution >= 4 is 22.8 Å². The number of aliphatic carboxylic acids is 1. The molecule has 1 aromatic carbocycles. The van der Waals surface area contributed by atoms with Gasteiger partial charge < -0.3 is 19.7 Å². The van der Waals surface area contributed by atoms with Crippen molar-refractivity contribution < 1.29 is 19.4 Å². The molecule has 2 fully saturated rings. The smallest absolute Gasteiger partial charge is 0.325 e. The summed E-state index contributed by atoms with van der Waals surface area (Å²) in [6.45, 7) is 4.76. The number of rotatable bonds is 6. The van der Waals surface area contributed by atoms with Crippen molar-refractivity contribution in [2.75, 3.05) is 52.9 Å². The molecule has 2 aliphatic heterocycles. The van der Waals surface area contributed by atoms with Crippen molar-refractivity contribution in [3.63, 3.8) is 0 Å². The Morgan fingerprint density at radius 2 is 1.86 bits per heavy atom. The summed E-state index contributed by atoms with van der Waals surface area (Å²) >= 11 is 0. The van der Waals surface area contributed by atoms with Crippen LogP contribution < -0.4 is 4.74 Å². The van der Waals surface area contributed by atoms with Crippen LogP contribution >= 0.6 is 0 Å². The Morgan fingerprint density at radius 1 is 1.14 bits per heavy atom. The van der Waals surface area contributed by atoms with Gasteiger partial charge in [0, 0.05) is 61.9 Å². The summed E-state index contributed by atoms with van der Waals surface area (Å²) in [6.07, 6.45) is 3.97. The zero-order chi connectivity index (χ0) is 20.4. The number of benzene rings is 1. The lowest BCUT2D eigenvalue weighted by Gasteiger charge is -2.37. The van der Waals surface area contributed by atoms with Gasteiger partial charge >= 0.3 is 5.97 Å². The Hall–Kier alpha value is -2.58. The predicted octanol–water partition coefficient (Wildman–Crippen LogP) is 1.54. The molecule has 29 heavy (non-hydrogen) atoms. The molecular weight excluding hydrogens is 372 g/mol. The highest BCUT2D eigenvalue weighted by Crippen LogP contribution is 2.31. The van der Waals surface area contributed by atoms with Crippen molar-refractivity contribution in [3.8, 4) is 5.75 Å². The predicted molar refractivity (Wildman–Crippen MR) is 109 cm³/mol. The molecule has 1 aromatic heterocycles. The minimum atomic E-state index is -0.865. The second-order valence-electron chi connectivity index (χ2n) is 7.80. The molecule has 8 heteroatoms. The van der Waals surface area contributed by atoms with E-state index >= 15 is 0 Å². The zero-order valence-corrected chi connectivity index (χ0v) is 16.8. The van der Waals surface area contributed by atoms with Gasteiger partial charge in [0.05, 0.1) is 13.7 Å². The molecule has 1 amide bonds. The molecule has 0 radical (unpaired) electrons. The number of carboxylic acid groups (broad SMARTS) is 1. The lowest BCUT2D eigenvalue weighted by molar-refractivity contribution is -0.145. The average molecular weight is 400 g/mol. The number of nitrogens with one attached hydrogen (secondary N) is 1. The van der Waals surface area contributed by atoms with Crippen molar-refractivity contribution in [2.45, 2.75) is 18.9 Å². The second-order valence-corrected chi connectivity index (χ2v) is 7.80. The van der Waals surface area contributed by atoms with Crippen LogP contribution in [0.1, 0.15) is 24.4 Å². The number of piperazine rings is 1. The number of ether oxygens (including phenoxy) is 1. The number of methoxy groups -OCH3 is 1. The highest BCUT2D eigenvalue weighted by Gasteiger charge is 2.33. The van der Waals surface area contributed by atoms with Crippen molar-refractivity contribution in [1.82, 2.24) is 19.7 Å². The number of likely N-dealkylation sites (tertiary alicyclic amines) is 1. The van der Waals surface area contributed by atoms with Crippen molar-refractivity contribution in [1.29, 1.82) is 0 Å². The number of carboxylic acids is 1. The Bertz CT molecular complexity index is 882. The first-order valence-electron chi connectivity index (χ1n) is 10.2. The first-order chi connectivity index (χ1) is 14.1. The number of fused-ring (bicyclic) bond motifs is 1. The molecule has 4 rings (SSSR count). The quantitative estimate of drug-likeness (QED) is 0.765. The van der Waals surface area contributed by atoms with Crippen molar-refractivity contribution in [2.24, 2.45) is 0 Å². The highest BCUT2D eigenvalue weighted by molar-refractivity contribution is 5.90. The number of hydrogen-bond acceptors (Lipinski definition) is 5. The van der Waals surface area contributed by atoms with Crippen LogP contribution in [0.2, 0.25) is 0 Å². The van der Waals surface area contributed by atoms with E-state index in [1.807, 2.05) is 28.0 Å². The number of carbonyl (C=O) groups is 2. The lowest BCUT2D eigenvalue weighted by atomic mass is 10.0. The van der Waals surface area contributed by atoms with Crippen LogP contribution in [0.25, 0.3) is 10.9 Å². The maximum Gasteiger partial charge on any atom is 0.325 e. The Kier molecular flexibility index (Phi) is 5.73. The molecule has 2 saturated heterocycles. The molecule has 1 atom stereocenters. The molecular formula is C21H28N4O4. The van der Waals surface area contributed by atoms with Crippen LogP contribution in [0.3, 0.4) is 0 Å². The van der Waals surface area contributed by atoms with E-state index in [1.54, 1.807) is 13.3 Å². The number of hydrogen-bond donors (Lipinski definition) is 2. The number of aromatic amines is 1. The number of carbonyl (C=O) groups excluding carboxylic acids is 1. The molecule has 2 aliphatic rings. The molecule has 0 spiro atoms. The Morgan fingerprint density at radius 3 is 2.52 bits per heavy atom. The van der Waals surface area contributed by atoms with Gasteiger partial charge in [0.1, 0.15) is 11.8 Å². The van der Waals surface area contributed by atoms with E-state index in [2.05, 4.69) is 9.88 Å². The third-order valence-corrected chi connectivity index (χ3v) is 6.04. The van der Waals surface area contributed by atoms with Gasteiger partial charge in [-0.05, 0) is 31.0 Å². The first kappa shape index (κ1) is 19.7. The largest absolute Gasteiger partial charge is 0.497 e. The topological polar surface area (TPSA) is 89.1 Å². The van der Waals surface area contributed by atoms with Gasteiger partial charge in [-0.1, -0.05) is 0 Å². The molecule has 3 heterocycles. The maximum atomic E-state index is 12.4. The van der Waals surface area contributed by atoms with Gasteiger partial charge in [0.25, 0.3) is 0 Å². The van der Waals surface area contributed by atoms with Gasteiger partial charge in [0.2, 0.25) is 5.91 Å². The van der Waals surface area contributed by atoms with E-state index in [-0.39, 0.29) is 5.91 Å². The van der Waals surface area contributed by atoms with Crippen LogP contribution in [0, 0.1) is 0 Å². The summed E-state index contributed by atoms with van der Waals surface area (Å²) in [5.74, 6) is 0.0255. The van der Waals surface area contributed by atoms with Crippen molar-refractivity contribution in [3.05, 3.63) is 30.0 Å². The van der Waals surface area contributed by atoms with E-state index in [9.17, 15) is 14.7 Å². The van der Waals surface area contributed by atoms with E-state index < -0.39 is 12.0 Å². The third-order valence-electron chi connectivity index (χ3n) is 6.04. The van der Waals surface area contributed by atoms with E-state index in [4.69, 9.17) is 4.74 Å². The molecule has 2 aromatic rings. The zero-order valence-electron chi connectivity index (χ0n) is 16.8. The number of nitrogens with zero attached hydrogens (tertiary/aromatic N) is 3. The lowest BCUT2D eigenvalue weighted by Crippen LogP contribution is -2.51. The summed E-state index contributed by atoms with van der Waals surface area (Å²) in [5.41, 5.74) is 1.63. The maximum absolute atomic E-state index is 12.4. The van der Waals surface area contributed by atoms with Crippen LogP contribution in [-0.4, -0.2) is 89.6 Å². The number of amides is 1. The molecule has 0 saturated carbocycles. The van der Waals surface area contributed by atoms with Crippen LogP contribution in [0.4, 0.5) is 0 Å². The van der Waals surface area contributed by atoms with Crippen LogP contribution in [-0.2, 0) is 9.59 Å². The monoisotopic (exact) mass is 400 g/mol. The minimum absolute atomic E-state index is 0.189. The van der Waals surface area contributed by atoms with Gasteiger partial charge in [-0.2, -0.15) is 0 Å². The summed E-state index contributed by atoms with van der Waals surface area (Å²) in [4.78, 5) is 33.8. The van der Waals surface area contributed by atoms with Gasteiger partial charge in [-0.3, -0.25) is 19.4 Å². The fourth-order valence-electron chi connectivity index (χ4n) is 4.40.